The molecule has 136 valence electrons. The van der Waals surface area contributed by atoms with E-state index < -0.39 is 0 Å². The van der Waals surface area contributed by atoms with Crippen LogP contribution >= 0.6 is 11.6 Å². The smallest absolute Gasteiger partial charge is 0.229 e. The van der Waals surface area contributed by atoms with Gasteiger partial charge in [-0.05, 0) is 19.9 Å². The number of rotatable bonds is 7. The summed E-state index contributed by atoms with van der Waals surface area (Å²) in [7, 11) is 1.65. The van der Waals surface area contributed by atoms with Crippen LogP contribution in [0, 0.1) is 0 Å². The van der Waals surface area contributed by atoms with Gasteiger partial charge in [0.05, 0.1) is 31.2 Å². The Kier molecular flexibility index (Phi) is 5.58. The summed E-state index contributed by atoms with van der Waals surface area (Å²) in [5.74, 6) is 1.80. The Bertz CT molecular complexity index is 882. The monoisotopic (exact) mass is 372 g/mol. The lowest BCUT2D eigenvalue weighted by atomic mass is 10.1. The Balaban J connectivity index is 1.79. The number of hydrogen-bond donors (Lipinski definition) is 2. The minimum atomic E-state index is -0.0470. The fraction of sp³-hybridized carbons (Fsp3) is 0.278. The molecule has 0 aliphatic heterocycles. The van der Waals surface area contributed by atoms with E-state index in [1.54, 1.807) is 19.5 Å². The van der Waals surface area contributed by atoms with Crippen LogP contribution in [0.15, 0.2) is 42.9 Å². The van der Waals surface area contributed by atoms with E-state index in [-0.39, 0.29) is 6.04 Å². The van der Waals surface area contributed by atoms with Crippen LogP contribution in [0.3, 0.4) is 0 Å². The largest absolute Gasteiger partial charge is 0.496 e. The van der Waals surface area contributed by atoms with Crippen LogP contribution in [0.1, 0.15) is 25.5 Å². The van der Waals surface area contributed by atoms with E-state index in [0.717, 1.165) is 23.5 Å². The number of benzene rings is 1. The van der Waals surface area contributed by atoms with Gasteiger partial charge in [-0.2, -0.15) is 10.1 Å². The number of ether oxygens (including phenoxy) is 1. The third kappa shape index (κ3) is 4.05. The summed E-state index contributed by atoms with van der Waals surface area (Å²) in [6, 6.07) is 7.78. The SMILES string of the molecule is CCn1cc(Nc2ncc(Cl)c(NC(C)c3ccccc3OC)n2)cn1. The van der Waals surface area contributed by atoms with Gasteiger partial charge in [0.15, 0.2) is 5.82 Å². The molecule has 0 saturated heterocycles. The van der Waals surface area contributed by atoms with Crippen LogP contribution in [0.4, 0.5) is 17.5 Å². The molecule has 3 aromatic rings. The number of halogens is 1. The van der Waals surface area contributed by atoms with E-state index in [1.165, 1.54) is 0 Å². The van der Waals surface area contributed by atoms with Crippen LogP contribution in [-0.2, 0) is 6.54 Å². The van der Waals surface area contributed by atoms with Crippen molar-refractivity contribution in [2.75, 3.05) is 17.7 Å². The van der Waals surface area contributed by atoms with Gasteiger partial charge in [0.25, 0.3) is 0 Å². The molecule has 2 heterocycles. The first-order valence-electron chi connectivity index (χ1n) is 8.32. The fourth-order valence-electron chi connectivity index (χ4n) is 2.57. The van der Waals surface area contributed by atoms with E-state index in [1.807, 2.05) is 49.0 Å². The predicted octanol–water partition coefficient (Wildman–Crippen LogP) is 4.27. The summed E-state index contributed by atoms with van der Waals surface area (Å²) in [6.45, 7) is 4.85. The summed E-state index contributed by atoms with van der Waals surface area (Å²) in [4.78, 5) is 8.71. The summed E-state index contributed by atoms with van der Waals surface area (Å²) in [5.41, 5.74) is 1.83. The minimum Gasteiger partial charge on any atom is -0.496 e. The molecule has 1 atom stereocenters. The second-order valence-electron chi connectivity index (χ2n) is 5.71. The molecule has 0 saturated carbocycles. The molecule has 1 aromatic carbocycles. The first-order valence-corrected chi connectivity index (χ1v) is 8.70. The minimum absolute atomic E-state index is 0.0470. The maximum Gasteiger partial charge on any atom is 0.229 e. The highest BCUT2D eigenvalue weighted by atomic mass is 35.5. The molecule has 0 fully saturated rings. The summed E-state index contributed by atoms with van der Waals surface area (Å²) >= 11 is 6.27. The van der Waals surface area contributed by atoms with Gasteiger partial charge in [0.2, 0.25) is 5.95 Å². The number of nitrogens with one attached hydrogen (secondary N) is 2. The van der Waals surface area contributed by atoms with Gasteiger partial charge in [-0.1, -0.05) is 29.8 Å². The van der Waals surface area contributed by atoms with Crippen molar-refractivity contribution in [2.45, 2.75) is 26.4 Å². The molecule has 0 bridgehead atoms. The summed E-state index contributed by atoms with van der Waals surface area (Å²) in [6.07, 6.45) is 5.19. The number of anilines is 3. The normalized spacial score (nSPS) is 11.8. The molecule has 7 nitrogen and oxygen atoms in total. The maximum atomic E-state index is 6.27. The quantitative estimate of drug-likeness (QED) is 0.644. The number of aryl methyl sites for hydroxylation is 1. The lowest BCUT2D eigenvalue weighted by molar-refractivity contribution is 0.408. The van der Waals surface area contributed by atoms with E-state index in [0.29, 0.717) is 16.8 Å². The molecule has 3 rings (SSSR count). The lowest BCUT2D eigenvalue weighted by Gasteiger charge is -2.18. The van der Waals surface area contributed by atoms with Crippen molar-refractivity contribution in [3.05, 3.63) is 53.4 Å². The Hall–Kier alpha value is -2.80. The Labute approximate surface area is 157 Å². The number of aromatic nitrogens is 4. The van der Waals surface area contributed by atoms with E-state index >= 15 is 0 Å². The molecule has 0 spiro atoms. The van der Waals surface area contributed by atoms with Gasteiger partial charge in [-0.15, -0.1) is 0 Å². The zero-order valence-corrected chi connectivity index (χ0v) is 15.7. The molecule has 0 amide bonds. The first kappa shape index (κ1) is 18.0. The summed E-state index contributed by atoms with van der Waals surface area (Å²) < 4.78 is 7.24. The second-order valence-corrected chi connectivity index (χ2v) is 6.12. The molecule has 2 N–H and O–H groups in total. The third-order valence-electron chi connectivity index (χ3n) is 3.92. The number of methoxy groups -OCH3 is 1. The molecule has 2 aromatic heterocycles. The van der Waals surface area contributed by atoms with Crippen molar-refractivity contribution in [3.63, 3.8) is 0 Å². The van der Waals surface area contributed by atoms with Crippen molar-refractivity contribution >= 4 is 29.1 Å². The second kappa shape index (κ2) is 8.05. The molecule has 8 heteroatoms. The van der Waals surface area contributed by atoms with Crippen molar-refractivity contribution in [2.24, 2.45) is 0 Å². The molecule has 0 aliphatic rings. The van der Waals surface area contributed by atoms with Gasteiger partial charge >= 0.3 is 0 Å². The van der Waals surface area contributed by atoms with Gasteiger partial charge in [0.1, 0.15) is 10.8 Å². The third-order valence-corrected chi connectivity index (χ3v) is 4.19. The van der Waals surface area contributed by atoms with Crippen molar-refractivity contribution < 1.29 is 4.74 Å². The fourth-order valence-corrected chi connectivity index (χ4v) is 2.71. The Morgan fingerprint density at radius 2 is 2.08 bits per heavy atom. The van der Waals surface area contributed by atoms with Crippen LogP contribution in [0.25, 0.3) is 0 Å². The number of hydrogen-bond acceptors (Lipinski definition) is 6. The Morgan fingerprint density at radius 3 is 2.81 bits per heavy atom. The van der Waals surface area contributed by atoms with E-state index in [4.69, 9.17) is 16.3 Å². The molecule has 1 unspecified atom stereocenters. The van der Waals surface area contributed by atoms with Gasteiger partial charge < -0.3 is 15.4 Å². The van der Waals surface area contributed by atoms with Gasteiger partial charge in [0, 0.05) is 18.3 Å². The van der Waals surface area contributed by atoms with Gasteiger partial charge in [-0.25, -0.2) is 4.98 Å². The molecular formula is C18H21ClN6O. The maximum absolute atomic E-state index is 6.27. The highest BCUT2D eigenvalue weighted by Gasteiger charge is 2.14. The van der Waals surface area contributed by atoms with Crippen molar-refractivity contribution in [1.82, 2.24) is 19.7 Å². The number of nitrogens with zero attached hydrogens (tertiary/aromatic N) is 4. The molecule has 26 heavy (non-hydrogen) atoms. The summed E-state index contributed by atoms with van der Waals surface area (Å²) in [5, 5.41) is 11.1. The van der Waals surface area contributed by atoms with Crippen LogP contribution in [0.2, 0.25) is 5.02 Å². The van der Waals surface area contributed by atoms with Crippen LogP contribution < -0.4 is 15.4 Å². The average molecular weight is 373 g/mol. The zero-order valence-electron chi connectivity index (χ0n) is 14.9. The van der Waals surface area contributed by atoms with Crippen LogP contribution in [0.5, 0.6) is 5.75 Å². The first-order chi connectivity index (χ1) is 12.6. The highest BCUT2D eigenvalue weighted by Crippen LogP contribution is 2.29. The Morgan fingerprint density at radius 1 is 1.27 bits per heavy atom. The highest BCUT2D eigenvalue weighted by molar-refractivity contribution is 6.32. The topological polar surface area (TPSA) is 76.9 Å². The van der Waals surface area contributed by atoms with E-state index in [9.17, 15) is 0 Å². The van der Waals surface area contributed by atoms with Crippen molar-refractivity contribution in [3.8, 4) is 5.75 Å². The van der Waals surface area contributed by atoms with E-state index in [2.05, 4.69) is 25.7 Å². The average Bonchev–Trinajstić information content (AvgIpc) is 3.12. The van der Waals surface area contributed by atoms with Gasteiger partial charge in [-0.3, -0.25) is 4.68 Å². The van der Waals surface area contributed by atoms with Crippen molar-refractivity contribution in [1.29, 1.82) is 0 Å². The van der Waals surface area contributed by atoms with Crippen LogP contribution in [-0.4, -0.2) is 26.9 Å². The lowest BCUT2D eigenvalue weighted by Crippen LogP contribution is -2.11. The zero-order chi connectivity index (χ0) is 18.5. The molecule has 0 aliphatic carbocycles. The molecular weight excluding hydrogens is 352 g/mol. The predicted molar refractivity (Wildman–Crippen MR) is 103 cm³/mol. The standard InChI is InChI=1S/C18H21ClN6O/c1-4-25-11-13(9-21-25)23-18-20-10-15(19)17(24-18)22-12(2)14-7-5-6-8-16(14)26-3/h5-12H,4H2,1-3H3,(H2,20,22,23,24). The number of para-hydroxylation sites is 1. The molecule has 0 radical (unpaired) electrons.